The molecular formula is C74H148N22O8S4. The Kier molecular flexibility index (Phi) is 66.3. The second kappa shape index (κ2) is 69.7. The molecule has 0 radical (unpaired) electrons. The lowest BCUT2D eigenvalue weighted by Gasteiger charge is -2.08. The Morgan fingerprint density at radius 1 is 0.278 bits per heavy atom. The molecule has 0 fully saturated rings. The number of nitrogens with two attached hydrogens (primary N) is 7. The molecule has 0 aliphatic rings. The van der Waals surface area contributed by atoms with Gasteiger partial charge in [0.2, 0.25) is 40.1 Å². The fourth-order valence-electron chi connectivity index (χ4n) is 9.94. The van der Waals surface area contributed by atoms with Gasteiger partial charge in [-0.1, -0.05) is 66.4 Å². The number of hydrogen-bond acceptors (Lipinski definition) is 20. The van der Waals surface area contributed by atoms with E-state index in [1.54, 1.807) is 48.5 Å². The number of aliphatic imine (C=N–C) groups is 3. The van der Waals surface area contributed by atoms with Crippen molar-refractivity contribution in [3.63, 3.8) is 0 Å². The fraction of sp³-hybridized carbons (Fsp3) is 0.716. The van der Waals surface area contributed by atoms with E-state index in [0.29, 0.717) is 60.5 Å². The number of benzene rings is 3. The third kappa shape index (κ3) is 66.5. The highest BCUT2D eigenvalue weighted by atomic mass is 32.2. The first-order valence-corrected chi connectivity index (χ1v) is 45.7. The van der Waals surface area contributed by atoms with Crippen LogP contribution in [-0.4, -0.2) is 214 Å². The number of unbranched alkanes of at least 4 members (excludes halogenated alkanes) is 11. The van der Waals surface area contributed by atoms with E-state index in [2.05, 4.69) is 76.4 Å². The molecule has 3 aromatic carbocycles. The largest absolute Gasteiger partial charge is 0.370 e. The molecule has 0 aliphatic carbocycles. The maximum Gasteiger partial charge on any atom is 0.240 e. The molecule has 0 saturated carbocycles. The summed E-state index contributed by atoms with van der Waals surface area (Å²) >= 11 is 0. The molecular weight excluding hydrogens is 1450 g/mol. The first kappa shape index (κ1) is 103. The SMILES string of the molecule is CCCCS(=O)(=O)NCCCCNCCCCNCCCCN=C(N)N.Cc1ccc(S(=O)(=O)NCCCCNCCCCNCCCCN)cc1.Cc1ccc(S(=O)(=O)NCCCCNCCCCNCCCCN=C(N)N)cc1.Cc1ccc(S(=O)(=O)NCCCNCCCCNCCCN=C(N)N)cc1. The van der Waals surface area contributed by atoms with Gasteiger partial charge in [0.15, 0.2) is 17.9 Å². The van der Waals surface area contributed by atoms with E-state index >= 15 is 0 Å². The summed E-state index contributed by atoms with van der Waals surface area (Å²) in [4.78, 5) is 12.8. The molecule has 26 N–H and O–H groups in total. The van der Waals surface area contributed by atoms with Crippen molar-refractivity contribution in [3.8, 4) is 0 Å². The zero-order chi connectivity index (χ0) is 79.9. The first-order chi connectivity index (χ1) is 51.9. The number of nitrogens with zero attached hydrogens (tertiary/aromatic N) is 3. The average molecular weight is 1600 g/mol. The fourth-order valence-corrected chi connectivity index (χ4v) is 14.4. The predicted octanol–water partition coefficient (Wildman–Crippen LogP) is 3.60. The second-order valence-corrected chi connectivity index (χ2v) is 33.9. The number of guanidine groups is 3. The predicted molar refractivity (Wildman–Crippen MR) is 451 cm³/mol. The smallest absolute Gasteiger partial charge is 0.240 e. The van der Waals surface area contributed by atoms with Gasteiger partial charge in [-0.25, -0.2) is 52.6 Å². The zero-order valence-corrected chi connectivity index (χ0v) is 69.6. The van der Waals surface area contributed by atoms with E-state index in [1.165, 1.54) is 6.42 Å². The van der Waals surface area contributed by atoms with E-state index < -0.39 is 40.1 Å². The van der Waals surface area contributed by atoms with Crippen LogP contribution in [0, 0.1) is 20.8 Å². The summed E-state index contributed by atoms with van der Waals surface area (Å²) in [5, 5.41) is 27.2. The normalized spacial score (nSPS) is 11.6. The average Bonchev–Trinajstić information content (AvgIpc) is 0.863. The van der Waals surface area contributed by atoms with Crippen LogP contribution in [0.4, 0.5) is 0 Å². The molecule has 30 nitrogen and oxygen atoms in total. The van der Waals surface area contributed by atoms with Gasteiger partial charge < -0.3 is 82.7 Å². The minimum atomic E-state index is -3.40. The standard InChI is InChI=1S/C20H38N6O2S.C19H36N4O2S.C18H34N6O2S.C17H40N6O2S/c1-18-8-10-19(11-9-18)29(27,28)26-17-7-5-15-24-13-3-2-12-23-14-4-6-16-25-20(21)22;1-18-8-10-19(11-9-18)26(24,25)23-17-7-6-16-22-15-5-4-14-21-13-3-2-12-20;1-16-6-8-17(9-7-16)27(25,26)24-15-5-13-22-11-3-2-10-21-12-4-14-23-18(19)20;1-2-3-16-26(24,25)23-15-9-7-13-21-11-5-4-10-20-12-6-8-14-22-17(18)19/h8-11,23-24,26H,2-7,12-17H2,1H3,(H4,21,22,25);8-11,21-23H,2-7,12-17,20H2,1H3;6-9,21-22,24H,2-5,10-15H2,1H3,(H4,19,20,23);20-21,23H,2-16H2,1H3,(H4,18,19,22). The molecule has 0 unspecified atom stereocenters. The van der Waals surface area contributed by atoms with Gasteiger partial charge in [0.1, 0.15) is 0 Å². The summed E-state index contributed by atoms with van der Waals surface area (Å²) in [7, 11) is -13.2. The minimum absolute atomic E-state index is 0.143. The van der Waals surface area contributed by atoms with Gasteiger partial charge in [-0.05, 0) is 316 Å². The summed E-state index contributed by atoms with van der Waals surface area (Å²) in [5.74, 6) is 0.711. The lowest BCUT2D eigenvalue weighted by Crippen LogP contribution is -2.28. The molecule has 34 heteroatoms. The summed E-state index contributed by atoms with van der Waals surface area (Å²) < 4.78 is 107. The summed E-state index contributed by atoms with van der Waals surface area (Å²) in [6.45, 7) is 28.1. The topological polar surface area (TPSA) is 500 Å². The Balaban J connectivity index is 0.00000141. The number of hydrogen-bond donors (Lipinski definition) is 19. The van der Waals surface area contributed by atoms with Crippen LogP contribution in [0.3, 0.4) is 0 Å². The Labute approximate surface area is 653 Å². The van der Waals surface area contributed by atoms with Gasteiger partial charge in [-0.2, -0.15) is 0 Å². The Morgan fingerprint density at radius 2 is 0.491 bits per heavy atom. The number of nitrogens with one attached hydrogen (secondary N) is 12. The van der Waals surface area contributed by atoms with Crippen molar-refractivity contribution >= 4 is 58.0 Å². The molecule has 626 valence electrons. The van der Waals surface area contributed by atoms with Gasteiger partial charge in [-0.3, -0.25) is 15.0 Å². The summed E-state index contributed by atoms with van der Waals surface area (Å²) in [6, 6.07) is 20.7. The monoisotopic (exact) mass is 1600 g/mol. The molecule has 0 amide bonds. The van der Waals surface area contributed by atoms with Crippen LogP contribution in [0.1, 0.15) is 178 Å². The van der Waals surface area contributed by atoms with Crippen LogP contribution >= 0.6 is 0 Å². The molecule has 0 aliphatic heterocycles. The zero-order valence-electron chi connectivity index (χ0n) is 66.4. The third-order valence-electron chi connectivity index (χ3n) is 16.4. The lowest BCUT2D eigenvalue weighted by atomic mass is 10.2. The molecule has 0 spiro atoms. The van der Waals surface area contributed by atoms with Crippen LogP contribution in [0.5, 0.6) is 0 Å². The molecule has 0 heterocycles. The van der Waals surface area contributed by atoms with Crippen LogP contribution in [0.25, 0.3) is 0 Å². The van der Waals surface area contributed by atoms with E-state index in [1.807, 2.05) is 52.0 Å². The van der Waals surface area contributed by atoms with Crippen LogP contribution in [0.15, 0.2) is 102 Å². The molecule has 3 rings (SSSR count). The van der Waals surface area contributed by atoms with Crippen molar-refractivity contribution in [3.05, 3.63) is 89.5 Å². The molecule has 108 heavy (non-hydrogen) atoms. The summed E-state index contributed by atoms with van der Waals surface area (Å²) in [5.41, 5.74) is 40.1. The maximum absolute atomic E-state index is 12.2. The Bertz CT molecular complexity index is 3150. The second-order valence-electron chi connectivity index (χ2n) is 26.7. The number of sulfonamides is 4. The molecule has 3 aromatic rings. The van der Waals surface area contributed by atoms with Gasteiger partial charge in [-0.15, -0.1) is 0 Å². The van der Waals surface area contributed by atoms with Crippen LogP contribution in [0.2, 0.25) is 0 Å². The molecule has 0 atom stereocenters. The molecule has 0 saturated heterocycles. The van der Waals surface area contributed by atoms with Crippen molar-refractivity contribution in [2.75, 3.05) is 163 Å². The molecule has 0 aromatic heterocycles. The van der Waals surface area contributed by atoms with Crippen molar-refractivity contribution in [1.29, 1.82) is 0 Å². The van der Waals surface area contributed by atoms with Crippen molar-refractivity contribution < 1.29 is 33.7 Å². The van der Waals surface area contributed by atoms with E-state index in [9.17, 15) is 33.7 Å². The highest BCUT2D eigenvalue weighted by Crippen LogP contribution is 2.13. The van der Waals surface area contributed by atoms with Crippen molar-refractivity contribution in [1.82, 2.24) is 61.4 Å². The number of rotatable bonds is 67. The van der Waals surface area contributed by atoms with Crippen LogP contribution < -0.4 is 102 Å². The highest BCUT2D eigenvalue weighted by molar-refractivity contribution is 7.90. The first-order valence-electron chi connectivity index (χ1n) is 39.6. The third-order valence-corrected chi connectivity index (χ3v) is 22.3. The highest BCUT2D eigenvalue weighted by Gasteiger charge is 2.15. The Hall–Kier alpha value is -5.25. The van der Waals surface area contributed by atoms with Crippen molar-refractivity contribution in [2.24, 2.45) is 55.1 Å². The van der Waals surface area contributed by atoms with Gasteiger partial charge in [0.05, 0.1) is 20.4 Å². The van der Waals surface area contributed by atoms with Crippen LogP contribution in [-0.2, 0) is 40.1 Å². The Morgan fingerprint density at radius 3 is 0.750 bits per heavy atom. The quantitative estimate of drug-likeness (QED) is 0.0218. The molecule has 0 bridgehead atoms. The minimum Gasteiger partial charge on any atom is -0.370 e. The lowest BCUT2D eigenvalue weighted by molar-refractivity contribution is 0.551. The van der Waals surface area contributed by atoms with E-state index in [4.69, 9.17) is 40.1 Å². The summed E-state index contributed by atoms with van der Waals surface area (Å²) in [6.07, 6.45) is 24.2. The van der Waals surface area contributed by atoms with E-state index in [0.717, 1.165) is 276 Å². The van der Waals surface area contributed by atoms with Gasteiger partial charge >= 0.3 is 0 Å². The van der Waals surface area contributed by atoms with Gasteiger partial charge in [0, 0.05) is 45.8 Å². The van der Waals surface area contributed by atoms with E-state index in [-0.39, 0.29) is 23.6 Å². The van der Waals surface area contributed by atoms with Gasteiger partial charge in [0.25, 0.3) is 0 Å². The maximum atomic E-state index is 12.2. The van der Waals surface area contributed by atoms with Crippen molar-refractivity contribution in [2.45, 2.75) is 196 Å². The number of aryl methyl sites for hydroxylation is 3.